The van der Waals surface area contributed by atoms with E-state index in [2.05, 4.69) is 6.92 Å². The Morgan fingerprint density at radius 1 is 0.776 bits per heavy atom. The average molecular weight is 678 g/mol. The Bertz CT molecular complexity index is 1240. The van der Waals surface area contributed by atoms with Crippen LogP contribution < -0.4 is 0 Å². The van der Waals surface area contributed by atoms with E-state index in [0.717, 1.165) is 36.0 Å². The van der Waals surface area contributed by atoms with Crippen molar-refractivity contribution in [3.63, 3.8) is 0 Å². The van der Waals surface area contributed by atoms with E-state index in [-0.39, 0.29) is 18.5 Å². The molecule has 0 saturated heterocycles. The number of esters is 1. The van der Waals surface area contributed by atoms with Gasteiger partial charge in [0.2, 0.25) is 5.91 Å². The van der Waals surface area contributed by atoms with Crippen molar-refractivity contribution in [1.82, 2.24) is 4.90 Å². The Morgan fingerprint density at radius 3 is 1.96 bits per heavy atom. The van der Waals surface area contributed by atoms with Crippen LogP contribution in [0.25, 0.3) is 0 Å². The lowest BCUT2D eigenvalue weighted by Gasteiger charge is -2.26. The molecule has 49 heavy (non-hydrogen) atoms. The van der Waals surface area contributed by atoms with E-state index in [1.807, 2.05) is 95.9 Å². The number of carbonyl (C=O) groups is 2. The van der Waals surface area contributed by atoms with Gasteiger partial charge in [-0.3, -0.25) is 9.59 Å². The number of aliphatic hydroxyl groups is 2. The number of carbonyl (C=O) groups excluding carboxylic acids is 2. The topological polar surface area (TPSA) is 106 Å². The average Bonchev–Trinajstić information content (AvgIpc) is 3.12. The Balaban J connectivity index is 0.000000393. The zero-order valence-corrected chi connectivity index (χ0v) is 29.9. The van der Waals surface area contributed by atoms with Crippen LogP contribution in [-0.2, 0) is 43.4 Å². The maximum atomic E-state index is 12.8. The molecule has 0 radical (unpaired) electrons. The van der Waals surface area contributed by atoms with E-state index in [4.69, 9.17) is 19.3 Å². The lowest BCUT2D eigenvalue weighted by molar-refractivity contribution is -0.156. The summed E-state index contributed by atoms with van der Waals surface area (Å²) in [7, 11) is 1.48. The Hall–Kier alpha value is -3.56. The van der Waals surface area contributed by atoms with Crippen molar-refractivity contribution in [3.05, 3.63) is 108 Å². The highest BCUT2D eigenvalue weighted by molar-refractivity contribution is 5.76. The quantitative estimate of drug-likeness (QED) is 0.0802. The number of methoxy groups -OCH3 is 1. The largest absolute Gasteiger partial charge is 0.460 e. The highest BCUT2D eigenvalue weighted by Crippen LogP contribution is 2.13. The molecule has 3 aromatic rings. The molecule has 8 nitrogen and oxygen atoms in total. The zero-order chi connectivity index (χ0) is 35.5. The van der Waals surface area contributed by atoms with Gasteiger partial charge in [0.25, 0.3) is 0 Å². The van der Waals surface area contributed by atoms with E-state index in [1.165, 1.54) is 26.4 Å². The lowest BCUT2D eigenvalue weighted by atomic mass is 10.1. The van der Waals surface area contributed by atoms with Crippen molar-refractivity contribution >= 4 is 11.9 Å². The zero-order valence-electron chi connectivity index (χ0n) is 29.9. The van der Waals surface area contributed by atoms with Crippen LogP contribution in [0.3, 0.4) is 0 Å². The first-order valence-electron chi connectivity index (χ1n) is 17.8. The van der Waals surface area contributed by atoms with Gasteiger partial charge in [0.1, 0.15) is 12.2 Å². The van der Waals surface area contributed by atoms with Crippen LogP contribution in [0.1, 0.15) is 88.3 Å². The van der Waals surface area contributed by atoms with Crippen LogP contribution in [0, 0.1) is 0 Å². The van der Waals surface area contributed by atoms with Crippen molar-refractivity contribution < 1.29 is 34.0 Å². The van der Waals surface area contributed by atoms with Gasteiger partial charge in [0.15, 0.2) is 0 Å². The summed E-state index contributed by atoms with van der Waals surface area (Å²) < 4.78 is 15.9. The fraction of sp³-hybridized carbons (Fsp3) is 0.512. The van der Waals surface area contributed by atoms with Crippen molar-refractivity contribution in [2.24, 2.45) is 0 Å². The third kappa shape index (κ3) is 19.3. The number of nitrogens with zero attached hydrogens (tertiary/aromatic N) is 1. The van der Waals surface area contributed by atoms with Gasteiger partial charge in [-0.1, -0.05) is 124 Å². The minimum atomic E-state index is -0.534. The first kappa shape index (κ1) is 41.6. The van der Waals surface area contributed by atoms with E-state index in [0.29, 0.717) is 52.0 Å². The smallest absolute Gasteiger partial charge is 0.306 e. The summed E-state index contributed by atoms with van der Waals surface area (Å²) in [5, 5.41) is 19.6. The summed E-state index contributed by atoms with van der Waals surface area (Å²) in [4.78, 5) is 26.3. The number of hydrogen-bond donors (Lipinski definition) is 2. The first-order chi connectivity index (χ1) is 23.9. The molecule has 0 fully saturated rings. The highest BCUT2D eigenvalue weighted by atomic mass is 16.6. The van der Waals surface area contributed by atoms with Crippen LogP contribution in [0.5, 0.6) is 0 Å². The predicted octanol–water partition coefficient (Wildman–Crippen LogP) is 7.29. The number of ether oxygens (including phenoxy) is 3. The molecule has 2 N–H and O–H groups in total. The van der Waals surface area contributed by atoms with E-state index in [1.54, 1.807) is 6.92 Å². The summed E-state index contributed by atoms with van der Waals surface area (Å²) in [6.07, 6.45) is 7.15. The maximum absolute atomic E-state index is 12.8. The maximum Gasteiger partial charge on any atom is 0.306 e. The molecule has 0 saturated carbocycles. The van der Waals surface area contributed by atoms with Gasteiger partial charge in [-0.2, -0.15) is 0 Å². The van der Waals surface area contributed by atoms with Crippen LogP contribution in [0.2, 0.25) is 0 Å². The Kier molecular flexibility index (Phi) is 22.4. The van der Waals surface area contributed by atoms with Crippen molar-refractivity contribution in [1.29, 1.82) is 0 Å². The van der Waals surface area contributed by atoms with Gasteiger partial charge >= 0.3 is 5.97 Å². The number of unbranched alkanes of at least 4 members (excludes halogenated alkanes) is 4. The predicted molar refractivity (Wildman–Crippen MR) is 195 cm³/mol. The van der Waals surface area contributed by atoms with E-state index in [9.17, 15) is 14.7 Å². The summed E-state index contributed by atoms with van der Waals surface area (Å²) >= 11 is 0. The summed E-state index contributed by atoms with van der Waals surface area (Å²) in [5.41, 5.74) is 3.36. The third-order valence-electron chi connectivity index (χ3n) is 8.22. The molecule has 8 heteroatoms. The van der Waals surface area contributed by atoms with Gasteiger partial charge in [0.05, 0.1) is 19.3 Å². The highest BCUT2D eigenvalue weighted by Gasteiger charge is 2.20. The fourth-order valence-corrected chi connectivity index (χ4v) is 5.28. The molecule has 0 heterocycles. The molecule has 0 aliphatic heterocycles. The lowest BCUT2D eigenvalue weighted by Crippen LogP contribution is -2.37. The van der Waals surface area contributed by atoms with Gasteiger partial charge < -0.3 is 29.3 Å². The molecule has 0 aliphatic carbocycles. The molecule has 1 amide bonds. The first-order valence-corrected chi connectivity index (χ1v) is 17.8. The van der Waals surface area contributed by atoms with Crippen LogP contribution in [0.15, 0.2) is 91.0 Å². The molecule has 0 aromatic heterocycles. The second kappa shape index (κ2) is 26.3. The number of rotatable bonds is 23. The SMILES string of the molecule is CCCCCCCC(=O)N(Cc1ccccc1)CC(O)CCCOCc1ccccc1.COC(CO)C(C)OC(=O)CCc1ccccc1. The van der Waals surface area contributed by atoms with Crippen molar-refractivity contribution in [2.45, 2.75) is 110 Å². The molecule has 0 aliphatic rings. The normalized spacial score (nSPS) is 12.7. The van der Waals surface area contributed by atoms with Gasteiger partial charge in [-0.15, -0.1) is 0 Å². The second-order valence-corrected chi connectivity index (χ2v) is 12.4. The van der Waals surface area contributed by atoms with Gasteiger partial charge in [0, 0.05) is 39.6 Å². The van der Waals surface area contributed by atoms with Crippen LogP contribution >= 0.6 is 0 Å². The Labute approximate surface area is 294 Å². The van der Waals surface area contributed by atoms with Crippen molar-refractivity contribution in [3.8, 4) is 0 Å². The van der Waals surface area contributed by atoms with E-state index < -0.39 is 18.3 Å². The molecule has 270 valence electrons. The molecule has 3 aromatic carbocycles. The second-order valence-electron chi connectivity index (χ2n) is 12.4. The molecule has 0 bridgehead atoms. The van der Waals surface area contributed by atoms with Crippen LogP contribution in [0.4, 0.5) is 0 Å². The third-order valence-corrected chi connectivity index (χ3v) is 8.22. The minimum Gasteiger partial charge on any atom is -0.460 e. The van der Waals surface area contributed by atoms with Gasteiger partial charge in [-0.05, 0) is 49.3 Å². The number of aliphatic hydroxyl groups excluding tert-OH is 2. The molecule has 3 unspecified atom stereocenters. The van der Waals surface area contributed by atoms with E-state index >= 15 is 0 Å². The molecule has 3 rings (SSSR count). The van der Waals surface area contributed by atoms with Crippen LogP contribution in [-0.4, -0.2) is 72.2 Å². The number of amides is 1. The van der Waals surface area contributed by atoms with Crippen molar-refractivity contribution in [2.75, 3.05) is 26.9 Å². The summed E-state index contributed by atoms with van der Waals surface area (Å²) in [6.45, 7) is 5.87. The number of hydrogen-bond acceptors (Lipinski definition) is 7. The molecule has 3 atom stereocenters. The molecule has 0 spiro atoms. The Morgan fingerprint density at radius 2 is 1.37 bits per heavy atom. The summed E-state index contributed by atoms with van der Waals surface area (Å²) in [5.74, 6) is -0.137. The standard InChI is InChI=1S/C27H39NO3.C14H20O4/c1-2-3-4-5-12-19-27(30)28(21-24-14-8-6-9-15-24)22-26(29)18-13-20-31-23-25-16-10-7-11-17-25;1-11(13(10-15)17-2)18-14(16)9-8-12-6-4-3-5-7-12/h6-11,14-17,26,29H,2-5,12-13,18-23H2,1H3;3-7,11,13,15H,8-10H2,1-2H3. The summed E-state index contributed by atoms with van der Waals surface area (Å²) in [6, 6.07) is 29.9. The fourth-order valence-electron chi connectivity index (χ4n) is 5.28. The minimum absolute atomic E-state index is 0.139. The number of benzene rings is 3. The van der Waals surface area contributed by atoms with Gasteiger partial charge in [-0.25, -0.2) is 0 Å². The molecular weight excluding hydrogens is 618 g/mol. The molecular formula is C41H59NO7. The number of aryl methyl sites for hydroxylation is 1. The monoisotopic (exact) mass is 677 g/mol.